The molecule has 1 rings (SSSR count). The first-order valence-corrected chi connectivity index (χ1v) is 5.29. The van der Waals surface area contributed by atoms with E-state index in [1.165, 1.54) is 19.1 Å². The summed E-state index contributed by atoms with van der Waals surface area (Å²) in [5, 5.41) is 0. The van der Waals surface area contributed by atoms with Crippen LogP contribution in [-0.2, 0) is 0 Å². The van der Waals surface area contributed by atoms with E-state index >= 15 is 0 Å². The molecule has 0 saturated heterocycles. The van der Waals surface area contributed by atoms with Crippen molar-refractivity contribution >= 4 is 5.78 Å². The Kier molecular flexibility index (Phi) is 4.54. The Labute approximate surface area is 97.4 Å². The number of carbonyl (C=O) groups excluding carboxylic acids is 1. The molecule has 0 aliphatic carbocycles. The molecule has 5 heteroatoms. The third kappa shape index (κ3) is 2.78. The van der Waals surface area contributed by atoms with Gasteiger partial charge in [-0.15, -0.1) is 0 Å². The molecule has 0 amide bonds. The SMILES string of the molecule is CCOc1ccc(C(=O)CC)c(C(F)F)c1F. The molecule has 17 heavy (non-hydrogen) atoms. The van der Waals surface area contributed by atoms with E-state index in [-0.39, 0.29) is 24.3 Å². The van der Waals surface area contributed by atoms with Crippen molar-refractivity contribution in [1.29, 1.82) is 0 Å². The largest absolute Gasteiger partial charge is 0.491 e. The van der Waals surface area contributed by atoms with E-state index in [0.717, 1.165) is 0 Å². The number of carbonyl (C=O) groups is 1. The lowest BCUT2D eigenvalue weighted by atomic mass is 10.0. The predicted octanol–water partition coefficient (Wildman–Crippen LogP) is 3.75. The molecular formula is C12H13F3O2. The van der Waals surface area contributed by atoms with E-state index in [2.05, 4.69) is 0 Å². The van der Waals surface area contributed by atoms with Crippen molar-refractivity contribution in [2.75, 3.05) is 6.61 Å². The summed E-state index contributed by atoms with van der Waals surface area (Å²) in [7, 11) is 0. The third-order valence-corrected chi connectivity index (χ3v) is 2.28. The lowest BCUT2D eigenvalue weighted by Crippen LogP contribution is -2.07. The Morgan fingerprint density at radius 3 is 2.47 bits per heavy atom. The van der Waals surface area contributed by atoms with E-state index in [9.17, 15) is 18.0 Å². The van der Waals surface area contributed by atoms with Gasteiger partial charge in [0.1, 0.15) is 0 Å². The second-order valence-electron chi connectivity index (χ2n) is 3.35. The molecule has 0 atom stereocenters. The number of ether oxygens (including phenoxy) is 1. The molecule has 94 valence electrons. The molecule has 2 nitrogen and oxygen atoms in total. The van der Waals surface area contributed by atoms with Crippen molar-refractivity contribution in [1.82, 2.24) is 0 Å². The van der Waals surface area contributed by atoms with Crippen molar-refractivity contribution in [3.63, 3.8) is 0 Å². The van der Waals surface area contributed by atoms with Gasteiger partial charge in [-0.3, -0.25) is 4.79 Å². The maximum absolute atomic E-state index is 13.7. The van der Waals surface area contributed by atoms with Gasteiger partial charge in [-0.05, 0) is 19.1 Å². The monoisotopic (exact) mass is 246 g/mol. The van der Waals surface area contributed by atoms with E-state index in [1.54, 1.807) is 6.92 Å². The lowest BCUT2D eigenvalue weighted by molar-refractivity contribution is 0.0970. The molecule has 0 heterocycles. The Bertz CT molecular complexity index is 416. The second kappa shape index (κ2) is 5.70. The molecule has 1 aromatic carbocycles. The molecule has 0 spiro atoms. The number of halogens is 3. The molecule has 0 N–H and O–H groups in total. The average Bonchev–Trinajstić information content (AvgIpc) is 2.30. The van der Waals surface area contributed by atoms with E-state index in [1.807, 2.05) is 0 Å². The van der Waals surface area contributed by atoms with Crippen LogP contribution in [0.25, 0.3) is 0 Å². The minimum absolute atomic E-state index is 0.0488. The summed E-state index contributed by atoms with van der Waals surface area (Å²) in [6, 6.07) is 2.38. The highest BCUT2D eigenvalue weighted by Gasteiger charge is 2.24. The third-order valence-electron chi connectivity index (χ3n) is 2.28. The fourth-order valence-electron chi connectivity index (χ4n) is 1.49. The lowest BCUT2D eigenvalue weighted by Gasteiger charge is -2.12. The molecule has 0 fully saturated rings. The molecule has 0 radical (unpaired) electrons. The summed E-state index contributed by atoms with van der Waals surface area (Å²) in [5.74, 6) is -1.92. The van der Waals surface area contributed by atoms with E-state index < -0.39 is 23.6 Å². The van der Waals surface area contributed by atoms with Crippen LogP contribution in [0.2, 0.25) is 0 Å². The topological polar surface area (TPSA) is 26.3 Å². The molecule has 0 aliphatic rings. The molecular weight excluding hydrogens is 233 g/mol. The number of hydrogen-bond donors (Lipinski definition) is 0. The van der Waals surface area contributed by atoms with Gasteiger partial charge >= 0.3 is 0 Å². The normalized spacial score (nSPS) is 10.7. The van der Waals surface area contributed by atoms with Gasteiger partial charge in [-0.1, -0.05) is 6.92 Å². The van der Waals surface area contributed by atoms with Crippen molar-refractivity contribution in [3.05, 3.63) is 29.1 Å². The highest BCUT2D eigenvalue weighted by Crippen LogP contribution is 2.32. The van der Waals surface area contributed by atoms with Crippen molar-refractivity contribution < 1.29 is 22.7 Å². The molecule has 0 aromatic heterocycles. The quantitative estimate of drug-likeness (QED) is 0.739. The van der Waals surface area contributed by atoms with Crippen LogP contribution >= 0.6 is 0 Å². The summed E-state index contributed by atoms with van der Waals surface area (Å²) in [4.78, 5) is 11.4. The molecule has 0 unspecified atom stereocenters. The van der Waals surface area contributed by atoms with E-state index in [4.69, 9.17) is 4.74 Å². The van der Waals surface area contributed by atoms with Gasteiger partial charge in [0, 0.05) is 12.0 Å². The summed E-state index contributed by atoms with van der Waals surface area (Å²) >= 11 is 0. The Balaban J connectivity index is 3.34. The molecule has 0 aliphatic heterocycles. The molecule has 1 aromatic rings. The molecule has 0 saturated carbocycles. The van der Waals surface area contributed by atoms with Crippen LogP contribution < -0.4 is 4.74 Å². The van der Waals surface area contributed by atoms with Gasteiger partial charge in [-0.2, -0.15) is 0 Å². The first-order valence-electron chi connectivity index (χ1n) is 5.29. The number of ketones is 1. The highest BCUT2D eigenvalue weighted by atomic mass is 19.3. The number of rotatable bonds is 5. The fraction of sp³-hybridized carbons (Fsp3) is 0.417. The predicted molar refractivity (Wildman–Crippen MR) is 57.1 cm³/mol. The summed E-state index contributed by atoms with van der Waals surface area (Å²) in [6.45, 7) is 3.32. The smallest absolute Gasteiger partial charge is 0.267 e. The standard InChI is InChI=1S/C12H13F3O2/c1-3-8(16)7-5-6-9(17-4-2)11(13)10(7)12(14)15/h5-6,12H,3-4H2,1-2H3. The number of Topliss-reactive ketones (excluding diaryl/α,β-unsaturated/α-hetero) is 1. The fourth-order valence-corrected chi connectivity index (χ4v) is 1.49. The van der Waals surface area contributed by atoms with Crippen LogP contribution in [0.4, 0.5) is 13.2 Å². The van der Waals surface area contributed by atoms with Gasteiger partial charge in [-0.25, -0.2) is 13.2 Å². The zero-order valence-corrected chi connectivity index (χ0v) is 9.60. The van der Waals surface area contributed by atoms with Gasteiger partial charge in [0.05, 0.1) is 12.2 Å². The van der Waals surface area contributed by atoms with Crippen LogP contribution in [0.3, 0.4) is 0 Å². The average molecular weight is 246 g/mol. The van der Waals surface area contributed by atoms with Crippen molar-refractivity contribution in [2.45, 2.75) is 26.7 Å². The van der Waals surface area contributed by atoms with Crippen LogP contribution in [0.15, 0.2) is 12.1 Å². The van der Waals surface area contributed by atoms with Crippen LogP contribution in [0, 0.1) is 5.82 Å². The molecule has 0 bridgehead atoms. The van der Waals surface area contributed by atoms with Gasteiger partial charge < -0.3 is 4.74 Å². The first-order chi connectivity index (χ1) is 8.02. The zero-order valence-electron chi connectivity index (χ0n) is 9.60. The summed E-state index contributed by atoms with van der Waals surface area (Å²) in [6.07, 6.45) is -2.99. The minimum atomic E-state index is -3.04. The maximum Gasteiger partial charge on any atom is 0.267 e. The Hall–Kier alpha value is -1.52. The second-order valence-corrected chi connectivity index (χ2v) is 3.35. The number of alkyl halides is 2. The van der Waals surface area contributed by atoms with Crippen LogP contribution in [-0.4, -0.2) is 12.4 Å². The summed E-state index contributed by atoms with van der Waals surface area (Å²) in [5.41, 5.74) is -1.15. The Morgan fingerprint density at radius 2 is 2.00 bits per heavy atom. The van der Waals surface area contributed by atoms with Crippen molar-refractivity contribution in [2.24, 2.45) is 0 Å². The van der Waals surface area contributed by atoms with Gasteiger partial charge in [0.25, 0.3) is 6.43 Å². The number of benzene rings is 1. The van der Waals surface area contributed by atoms with Crippen LogP contribution in [0.5, 0.6) is 5.75 Å². The maximum atomic E-state index is 13.7. The minimum Gasteiger partial charge on any atom is -0.491 e. The van der Waals surface area contributed by atoms with Crippen LogP contribution in [0.1, 0.15) is 42.6 Å². The van der Waals surface area contributed by atoms with Gasteiger partial charge in [0.2, 0.25) is 0 Å². The van der Waals surface area contributed by atoms with E-state index in [0.29, 0.717) is 0 Å². The summed E-state index contributed by atoms with van der Waals surface area (Å²) < 4.78 is 44.1. The first kappa shape index (κ1) is 13.5. The van der Waals surface area contributed by atoms with Crippen molar-refractivity contribution in [3.8, 4) is 5.75 Å². The Morgan fingerprint density at radius 1 is 1.35 bits per heavy atom. The number of hydrogen-bond acceptors (Lipinski definition) is 2. The zero-order chi connectivity index (χ0) is 13.0. The van der Waals surface area contributed by atoms with Gasteiger partial charge in [0.15, 0.2) is 17.3 Å². The highest BCUT2D eigenvalue weighted by molar-refractivity contribution is 5.97.